The monoisotopic (exact) mass is 266 g/mol. The van der Waals surface area contributed by atoms with Crippen molar-refractivity contribution in [3.8, 4) is 0 Å². The maximum atomic E-state index is 5.97. The van der Waals surface area contributed by atoms with E-state index in [4.69, 9.17) is 5.73 Å². The van der Waals surface area contributed by atoms with E-state index in [1.54, 1.807) is 0 Å². The second-order valence-electron chi connectivity index (χ2n) is 3.89. The van der Waals surface area contributed by atoms with E-state index in [0.717, 1.165) is 29.7 Å². The van der Waals surface area contributed by atoms with Gasteiger partial charge < -0.3 is 10.6 Å². The van der Waals surface area contributed by atoms with Gasteiger partial charge in [0.1, 0.15) is 0 Å². The Morgan fingerprint density at radius 1 is 1.53 bits per heavy atom. The van der Waals surface area contributed by atoms with Gasteiger partial charge in [-0.3, -0.25) is 0 Å². The van der Waals surface area contributed by atoms with Crippen LogP contribution in [0.5, 0.6) is 0 Å². The third kappa shape index (κ3) is 2.17. The highest BCUT2D eigenvalue weighted by molar-refractivity contribution is 9.11. The second-order valence-corrected chi connectivity index (χ2v) is 5.01. The van der Waals surface area contributed by atoms with Crippen LogP contribution in [0.2, 0.25) is 0 Å². The van der Waals surface area contributed by atoms with Crippen molar-refractivity contribution in [3.05, 3.63) is 34.8 Å². The van der Waals surface area contributed by atoms with Crippen molar-refractivity contribution in [2.75, 3.05) is 23.7 Å². The average molecular weight is 267 g/mol. The van der Waals surface area contributed by atoms with Crippen LogP contribution in [0.1, 0.15) is 12.0 Å². The standard InChI is InChI=1S/C12H15BrN2/c1-9(13)8-15-7-3-4-10-11(14)5-2-6-12(10)15/h2,5-6H,1,3-4,7-8,14H2. The number of anilines is 2. The van der Waals surface area contributed by atoms with Crippen LogP contribution in [0.25, 0.3) is 0 Å². The topological polar surface area (TPSA) is 29.3 Å². The number of hydrogen-bond donors (Lipinski definition) is 1. The van der Waals surface area contributed by atoms with Gasteiger partial charge in [0, 0.05) is 28.9 Å². The second kappa shape index (κ2) is 4.27. The highest BCUT2D eigenvalue weighted by Gasteiger charge is 2.18. The first kappa shape index (κ1) is 10.6. The fraction of sp³-hybridized carbons (Fsp3) is 0.333. The van der Waals surface area contributed by atoms with Crippen molar-refractivity contribution in [2.24, 2.45) is 0 Å². The third-order valence-corrected chi connectivity index (χ3v) is 3.00. The SMILES string of the molecule is C=C(Br)CN1CCCc2c(N)cccc21. The molecule has 1 aromatic carbocycles. The average Bonchev–Trinajstić information content (AvgIpc) is 2.19. The van der Waals surface area contributed by atoms with E-state index in [9.17, 15) is 0 Å². The molecular weight excluding hydrogens is 252 g/mol. The summed E-state index contributed by atoms with van der Waals surface area (Å²) in [5.74, 6) is 0. The van der Waals surface area contributed by atoms with Gasteiger partial charge in [0.25, 0.3) is 0 Å². The lowest BCUT2D eigenvalue weighted by atomic mass is 10.00. The predicted octanol–water partition coefficient (Wildman–Crippen LogP) is 2.93. The normalized spacial score (nSPS) is 14.9. The summed E-state index contributed by atoms with van der Waals surface area (Å²) in [6.45, 7) is 5.83. The fourth-order valence-corrected chi connectivity index (χ4v) is 2.40. The van der Waals surface area contributed by atoms with Crippen molar-refractivity contribution in [1.82, 2.24) is 0 Å². The molecule has 0 spiro atoms. The summed E-state index contributed by atoms with van der Waals surface area (Å²) in [5, 5.41) is 0. The van der Waals surface area contributed by atoms with Crippen LogP contribution in [-0.4, -0.2) is 13.1 Å². The molecule has 0 saturated heterocycles. The van der Waals surface area contributed by atoms with E-state index in [2.05, 4.69) is 33.5 Å². The maximum absolute atomic E-state index is 5.97. The largest absolute Gasteiger partial charge is 0.398 e. The van der Waals surface area contributed by atoms with Crippen molar-refractivity contribution >= 4 is 27.3 Å². The number of fused-ring (bicyclic) bond motifs is 1. The first-order chi connectivity index (χ1) is 7.18. The van der Waals surface area contributed by atoms with Crippen LogP contribution in [-0.2, 0) is 6.42 Å². The molecule has 0 aromatic heterocycles. The third-order valence-electron chi connectivity index (χ3n) is 2.75. The van der Waals surface area contributed by atoms with E-state index in [1.807, 2.05) is 12.1 Å². The zero-order valence-corrected chi connectivity index (χ0v) is 10.3. The number of hydrogen-bond acceptors (Lipinski definition) is 2. The molecule has 15 heavy (non-hydrogen) atoms. The van der Waals surface area contributed by atoms with Crippen LogP contribution in [0.4, 0.5) is 11.4 Å². The summed E-state index contributed by atoms with van der Waals surface area (Å²) < 4.78 is 1.01. The van der Waals surface area contributed by atoms with Gasteiger partial charge >= 0.3 is 0 Å². The Kier molecular flexibility index (Phi) is 3.00. The number of nitrogen functional groups attached to an aromatic ring is 1. The minimum atomic E-state index is 0.858. The summed E-state index contributed by atoms with van der Waals surface area (Å²) in [4.78, 5) is 2.33. The summed E-state index contributed by atoms with van der Waals surface area (Å²) in [6.07, 6.45) is 2.26. The number of halogens is 1. The molecular formula is C12H15BrN2. The molecule has 0 saturated carbocycles. The molecule has 0 bridgehead atoms. The number of benzene rings is 1. The first-order valence-electron chi connectivity index (χ1n) is 5.14. The zero-order chi connectivity index (χ0) is 10.8. The highest BCUT2D eigenvalue weighted by atomic mass is 79.9. The van der Waals surface area contributed by atoms with Gasteiger partial charge in [-0.2, -0.15) is 0 Å². The lowest BCUT2D eigenvalue weighted by molar-refractivity contribution is 0.722. The number of nitrogens with two attached hydrogens (primary N) is 1. The van der Waals surface area contributed by atoms with E-state index in [1.165, 1.54) is 17.7 Å². The molecule has 0 fully saturated rings. The Bertz CT molecular complexity index is 387. The van der Waals surface area contributed by atoms with E-state index in [0.29, 0.717) is 0 Å². The van der Waals surface area contributed by atoms with Gasteiger partial charge in [-0.05, 0) is 30.5 Å². The van der Waals surface area contributed by atoms with Crippen LogP contribution < -0.4 is 10.6 Å². The van der Waals surface area contributed by atoms with Gasteiger partial charge in [0.2, 0.25) is 0 Å². The van der Waals surface area contributed by atoms with Gasteiger partial charge in [0.05, 0.1) is 0 Å². The number of nitrogens with zero attached hydrogens (tertiary/aromatic N) is 1. The van der Waals surface area contributed by atoms with Gasteiger partial charge in [0.15, 0.2) is 0 Å². The minimum Gasteiger partial charge on any atom is -0.398 e. The van der Waals surface area contributed by atoms with Gasteiger partial charge in [-0.25, -0.2) is 0 Å². The van der Waals surface area contributed by atoms with Crippen molar-refractivity contribution in [3.63, 3.8) is 0 Å². The van der Waals surface area contributed by atoms with Crippen LogP contribution in [0.15, 0.2) is 29.3 Å². The molecule has 3 heteroatoms. The minimum absolute atomic E-state index is 0.858. The Morgan fingerprint density at radius 3 is 3.07 bits per heavy atom. The molecule has 2 N–H and O–H groups in total. The molecule has 1 aromatic rings. The predicted molar refractivity (Wildman–Crippen MR) is 69.5 cm³/mol. The van der Waals surface area contributed by atoms with E-state index < -0.39 is 0 Å². The fourth-order valence-electron chi connectivity index (χ4n) is 2.10. The Hall–Kier alpha value is -0.960. The summed E-state index contributed by atoms with van der Waals surface area (Å²) in [7, 11) is 0. The summed E-state index contributed by atoms with van der Waals surface area (Å²) in [6, 6.07) is 6.13. The smallest absolute Gasteiger partial charge is 0.0489 e. The molecule has 80 valence electrons. The molecule has 1 aliphatic heterocycles. The van der Waals surface area contributed by atoms with Gasteiger partial charge in [-0.15, -0.1) is 0 Å². The maximum Gasteiger partial charge on any atom is 0.0489 e. The molecule has 0 unspecified atom stereocenters. The molecule has 2 nitrogen and oxygen atoms in total. The molecule has 0 atom stereocenters. The molecule has 1 aliphatic rings. The van der Waals surface area contributed by atoms with E-state index in [-0.39, 0.29) is 0 Å². The van der Waals surface area contributed by atoms with Crippen molar-refractivity contribution < 1.29 is 0 Å². The van der Waals surface area contributed by atoms with Gasteiger partial charge in [-0.1, -0.05) is 28.6 Å². The van der Waals surface area contributed by atoms with Crippen LogP contribution in [0.3, 0.4) is 0 Å². The van der Waals surface area contributed by atoms with Crippen molar-refractivity contribution in [1.29, 1.82) is 0 Å². The quantitative estimate of drug-likeness (QED) is 0.835. The highest BCUT2D eigenvalue weighted by Crippen LogP contribution is 2.31. The molecule has 0 amide bonds. The summed E-state index contributed by atoms with van der Waals surface area (Å²) >= 11 is 3.41. The van der Waals surface area contributed by atoms with Crippen LogP contribution in [0, 0.1) is 0 Å². The lowest BCUT2D eigenvalue weighted by Crippen LogP contribution is -2.30. The Morgan fingerprint density at radius 2 is 2.33 bits per heavy atom. The summed E-state index contributed by atoms with van der Waals surface area (Å²) in [5.41, 5.74) is 9.44. The zero-order valence-electron chi connectivity index (χ0n) is 8.67. The van der Waals surface area contributed by atoms with E-state index >= 15 is 0 Å². The first-order valence-corrected chi connectivity index (χ1v) is 5.93. The Labute approximate surface area is 98.9 Å². The molecule has 2 rings (SSSR count). The Balaban J connectivity index is 2.34. The number of rotatable bonds is 2. The van der Waals surface area contributed by atoms with Crippen molar-refractivity contribution in [2.45, 2.75) is 12.8 Å². The molecule has 1 heterocycles. The van der Waals surface area contributed by atoms with Crippen LogP contribution >= 0.6 is 15.9 Å². The lowest BCUT2D eigenvalue weighted by Gasteiger charge is -2.31. The molecule has 0 aliphatic carbocycles. The molecule has 0 radical (unpaired) electrons.